The monoisotopic (exact) mass is 793 g/mol. The molecular formula is C57H52BNO2. The maximum Gasteiger partial charge on any atom is 0.489 e. The van der Waals surface area contributed by atoms with Crippen molar-refractivity contribution in [1.29, 1.82) is 0 Å². The molecular weight excluding hydrogens is 741 g/mol. The molecule has 8 aromatic carbocycles. The van der Waals surface area contributed by atoms with Crippen LogP contribution in [0.2, 0.25) is 0 Å². The number of hydrogen-bond donors (Lipinski definition) is 2. The fourth-order valence-electron chi connectivity index (χ4n) is 8.62. The number of anilines is 3. The molecule has 4 heteroatoms. The molecule has 0 unspecified atom stereocenters. The third-order valence-corrected chi connectivity index (χ3v) is 11.2. The van der Waals surface area contributed by atoms with E-state index in [2.05, 4.69) is 170 Å². The van der Waals surface area contributed by atoms with Gasteiger partial charge in [0.05, 0.1) is 5.41 Å². The predicted molar refractivity (Wildman–Crippen MR) is 260 cm³/mol. The summed E-state index contributed by atoms with van der Waals surface area (Å²) in [6.07, 6.45) is 4.04. The topological polar surface area (TPSA) is 43.7 Å². The second kappa shape index (κ2) is 19.4. The van der Waals surface area contributed by atoms with Crippen LogP contribution < -0.4 is 10.4 Å². The van der Waals surface area contributed by atoms with Gasteiger partial charge in [0.2, 0.25) is 0 Å². The first-order valence-corrected chi connectivity index (χ1v) is 21.1. The first-order chi connectivity index (χ1) is 29.9. The highest BCUT2D eigenvalue weighted by Crippen LogP contribution is 2.57. The van der Waals surface area contributed by atoms with Crippen molar-refractivity contribution in [3.05, 3.63) is 258 Å². The van der Waals surface area contributed by atoms with E-state index in [9.17, 15) is 10.0 Å². The molecule has 0 aromatic heterocycles. The van der Waals surface area contributed by atoms with E-state index < -0.39 is 12.5 Å². The van der Waals surface area contributed by atoms with Crippen LogP contribution in [0, 0.1) is 6.92 Å². The predicted octanol–water partition coefficient (Wildman–Crippen LogP) is 13.5. The minimum atomic E-state index is -1.57. The summed E-state index contributed by atoms with van der Waals surface area (Å²) in [5, 5.41) is 20.3. The molecule has 0 saturated heterocycles. The fraction of sp³-hybridized carbons (Fsp3) is 0.0877. The lowest BCUT2D eigenvalue weighted by atomic mass is 9.67. The fourth-order valence-corrected chi connectivity index (χ4v) is 8.62. The van der Waals surface area contributed by atoms with E-state index in [1.165, 1.54) is 44.5 Å². The average Bonchev–Trinajstić information content (AvgIpc) is 3.61. The highest BCUT2D eigenvalue weighted by atomic mass is 16.4. The zero-order valence-electron chi connectivity index (χ0n) is 35.4. The molecule has 0 amide bonds. The van der Waals surface area contributed by atoms with Crippen molar-refractivity contribution in [2.24, 2.45) is 0 Å². The lowest BCUT2D eigenvalue weighted by Crippen LogP contribution is -2.31. The summed E-state index contributed by atoms with van der Waals surface area (Å²) < 4.78 is 0. The minimum absolute atomic E-state index is 0.474. The Bertz CT molecular complexity index is 2700. The lowest BCUT2D eigenvalue weighted by molar-refractivity contribution is 0.426. The number of rotatable bonds is 9. The molecule has 300 valence electrons. The Morgan fingerprint density at radius 1 is 0.525 bits per heavy atom. The maximum absolute atomic E-state index is 10.1. The van der Waals surface area contributed by atoms with E-state index >= 15 is 0 Å². The van der Waals surface area contributed by atoms with Gasteiger partial charge in [-0.3, -0.25) is 0 Å². The molecule has 2 N–H and O–H groups in total. The van der Waals surface area contributed by atoms with E-state index in [0.717, 1.165) is 33.8 Å². The lowest BCUT2D eigenvalue weighted by Gasteiger charge is -2.35. The van der Waals surface area contributed by atoms with Crippen LogP contribution in [-0.4, -0.2) is 17.2 Å². The molecule has 1 aliphatic carbocycles. The van der Waals surface area contributed by atoms with Gasteiger partial charge >= 0.3 is 7.12 Å². The zero-order chi connectivity index (χ0) is 42.8. The van der Waals surface area contributed by atoms with Crippen molar-refractivity contribution >= 4 is 35.2 Å². The number of fused-ring (bicyclic) bond motifs is 3. The van der Waals surface area contributed by atoms with Crippen LogP contribution in [0.15, 0.2) is 225 Å². The molecule has 0 atom stereocenters. The summed E-state index contributed by atoms with van der Waals surface area (Å²) in [6.45, 7) is 12.1. The Balaban J connectivity index is 0.000000345. The smallest absolute Gasteiger partial charge is 0.423 e. The van der Waals surface area contributed by atoms with Gasteiger partial charge in [-0.15, -0.1) is 0 Å². The van der Waals surface area contributed by atoms with Crippen molar-refractivity contribution in [2.45, 2.75) is 33.1 Å². The molecule has 0 spiro atoms. The van der Waals surface area contributed by atoms with Gasteiger partial charge < -0.3 is 14.9 Å². The maximum atomic E-state index is 10.1. The number of benzene rings is 8. The molecule has 0 fully saturated rings. The Labute approximate surface area is 362 Å². The van der Waals surface area contributed by atoms with E-state index in [1.54, 1.807) is 6.07 Å². The van der Waals surface area contributed by atoms with E-state index in [0.29, 0.717) is 5.46 Å². The van der Waals surface area contributed by atoms with Gasteiger partial charge in [-0.05, 0) is 117 Å². The molecule has 0 radical (unpaired) electrons. The quantitative estimate of drug-likeness (QED) is 0.113. The van der Waals surface area contributed by atoms with Gasteiger partial charge in [0, 0.05) is 17.1 Å². The zero-order valence-corrected chi connectivity index (χ0v) is 35.4. The number of aryl methyl sites for hydroxylation is 1. The summed E-state index contributed by atoms with van der Waals surface area (Å²) in [4.78, 5) is 2.28. The van der Waals surface area contributed by atoms with Crippen LogP contribution in [0.5, 0.6) is 0 Å². The van der Waals surface area contributed by atoms with Crippen molar-refractivity contribution in [1.82, 2.24) is 0 Å². The van der Waals surface area contributed by atoms with Gasteiger partial charge in [-0.1, -0.05) is 202 Å². The van der Waals surface area contributed by atoms with Gasteiger partial charge in [0.15, 0.2) is 0 Å². The van der Waals surface area contributed by atoms with Crippen LogP contribution in [0.25, 0.3) is 27.8 Å². The Morgan fingerprint density at radius 3 is 1.69 bits per heavy atom. The highest BCUT2D eigenvalue weighted by Gasteiger charge is 2.46. The second-order valence-electron chi connectivity index (χ2n) is 14.8. The number of hydrogen-bond acceptors (Lipinski definition) is 3. The summed E-state index contributed by atoms with van der Waals surface area (Å²) in [7, 11) is -1.57. The van der Waals surface area contributed by atoms with Crippen LogP contribution >= 0.6 is 0 Å². The molecule has 8 aromatic rings. The first kappa shape index (κ1) is 42.2. The van der Waals surface area contributed by atoms with E-state index in [-0.39, 0.29) is 0 Å². The molecule has 61 heavy (non-hydrogen) atoms. The third kappa shape index (κ3) is 8.42. The van der Waals surface area contributed by atoms with Crippen molar-refractivity contribution in [3.63, 3.8) is 0 Å². The van der Waals surface area contributed by atoms with Gasteiger partial charge in [0.25, 0.3) is 0 Å². The van der Waals surface area contributed by atoms with Crippen LogP contribution in [-0.2, 0) is 5.41 Å². The summed E-state index contributed by atoms with van der Waals surface area (Å²) in [5.41, 5.74) is 15.7. The Hall–Kier alpha value is -6.98. The van der Waals surface area contributed by atoms with Crippen LogP contribution in [0.1, 0.15) is 54.2 Å². The Kier molecular flexibility index (Phi) is 13.4. The average molecular weight is 794 g/mol. The molecule has 9 rings (SSSR count). The van der Waals surface area contributed by atoms with Gasteiger partial charge in [-0.25, -0.2) is 0 Å². The molecule has 0 saturated carbocycles. The molecule has 3 nitrogen and oxygen atoms in total. The number of allylic oxidation sites excluding steroid dienone is 3. The third-order valence-electron chi connectivity index (χ3n) is 11.2. The Morgan fingerprint density at radius 2 is 1.05 bits per heavy atom. The van der Waals surface area contributed by atoms with Crippen LogP contribution in [0.3, 0.4) is 0 Å². The van der Waals surface area contributed by atoms with Gasteiger partial charge in [0.1, 0.15) is 0 Å². The normalized spacial score (nSPS) is 11.9. The van der Waals surface area contributed by atoms with E-state index in [1.807, 2.05) is 81.5 Å². The van der Waals surface area contributed by atoms with Crippen molar-refractivity contribution in [3.8, 4) is 22.3 Å². The molecule has 0 bridgehead atoms. The molecule has 1 aliphatic rings. The SMILES string of the molecule is C=C(/C=C\C)c1ccccc1C.CC.OB(O)c1ccccc1-c1cccc(N(c2ccccc2)c2ccc3c(c2)C(c2ccccc2)(c2ccccc2)c2ccccc2-3)c1. The summed E-state index contributed by atoms with van der Waals surface area (Å²) in [6, 6.07) is 71.7. The van der Waals surface area contributed by atoms with Crippen molar-refractivity contribution < 1.29 is 10.0 Å². The standard InChI is InChI=1S/C43H32BNO2.C12H14.C2H6/c46-44(47)42-26-13-11-23-37(42)31-15-14-22-35(29-31)45(34-20-8-3-9-21-34)36-27-28-39-38-24-10-12-25-40(38)43(41(39)30-36,32-16-4-1-5-17-32)33-18-6-2-7-19-33;1-4-7-10(2)12-9-6-5-8-11(12)3;1-2/h1-30,46-47H;4-9H,2H2,1,3H3;1-2H3/b;7-4-;. The van der Waals surface area contributed by atoms with Crippen molar-refractivity contribution in [2.75, 3.05) is 4.90 Å². The molecule has 0 heterocycles. The van der Waals surface area contributed by atoms with E-state index in [4.69, 9.17) is 0 Å². The number of nitrogens with zero attached hydrogens (tertiary/aromatic N) is 1. The minimum Gasteiger partial charge on any atom is -0.423 e. The summed E-state index contributed by atoms with van der Waals surface area (Å²) >= 11 is 0. The number of para-hydroxylation sites is 1. The first-order valence-electron chi connectivity index (χ1n) is 21.1. The highest BCUT2D eigenvalue weighted by molar-refractivity contribution is 6.60. The summed E-state index contributed by atoms with van der Waals surface area (Å²) in [5.74, 6) is 0. The molecule has 0 aliphatic heterocycles. The largest absolute Gasteiger partial charge is 0.489 e. The van der Waals surface area contributed by atoms with Crippen LogP contribution in [0.4, 0.5) is 17.1 Å². The van der Waals surface area contributed by atoms with Gasteiger partial charge in [-0.2, -0.15) is 0 Å². The second-order valence-corrected chi connectivity index (χ2v) is 14.8.